The molecule has 1 aromatic heterocycles. The predicted molar refractivity (Wildman–Crippen MR) is 80.0 cm³/mol. The zero-order valence-corrected chi connectivity index (χ0v) is 13.3. The Morgan fingerprint density at radius 1 is 1.57 bits per heavy atom. The number of hydrogen-bond donors (Lipinski definition) is 0. The van der Waals surface area contributed by atoms with E-state index < -0.39 is 6.10 Å². The van der Waals surface area contributed by atoms with Crippen LogP contribution in [0.4, 0.5) is 0 Å². The molecule has 0 spiro atoms. The van der Waals surface area contributed by atoms with E-state index in [-0.39, 0.29) is 11.8 Å². The van der Waals surface area contributed by atoms with Crippen molar-refractivity contribution >= 4 is 5.78 Å². The van der Waals surface area contributed by atoms with Gasteiger partial charge in [-0.3, -0.25) is 14.4 Å². The van der Waals surface area contributed by atoms with E-state index in [4.69, 9.17) is 9.47 Å². The van der Waals surface area contributed by atoms with Gasteiger partial charge in [0.2, 0.25) is 5.78 Å². The summed E-state index contributed by atoms with van der Waals surface area (Å²) in [6, 6.07) is 0.100. The highest BCUT2D eigenvalue weighted by Crippen LogP contribution is 2.24. The van der Waals surface area contributed by atoms with Crippen LogP contribution in [0.5, 0.6) is 5.75 Å². The van der Waals surface area contributed by atoms with Crippen LogP contribution in [0.2, 0.25) is 0 Å². The van der Waals surface area contributed by atoms with E-state index in [2.05, 4.69) is 16.9 Å². The van der Waals surface area contributed by atoms with E-state index in [0.29, 0.717) is 24.6 Å². The lowest BCUT2D eigenvalue weighted by Crippen LogP contribution is -2.46. The number of ether oxygens (including phenoxy) is 2. The Bertz CT molecular complexity index is 483. The van der Waals surface area contributed by atoms with Gasteiger partial charge in [-0.25, -0.2) is 0 Å². The highest BCUT2D eigenvalue weighted by atomic mass is 16.5. The molecule has 1 aliphatic heterocycles. The molecular formula is C15H25N3O3. The summed E-state index contributed by atoms with van der Waals surface area (Å²) in [6.07, 6.45) is 2.24. The van der Waals surface area contributed by atoms with E-state index in [1.807, 2.05) is 13.8 Å². The van der Waals surface area contributed by atoms with Crippen molar-refractivity contribution < 1.29 is 14.3 Å². The van der Waals surface area contributed by atoms with E-state index in [1.165, 1.54) is 0 Å². The van der Waals surface area contributed by atoms with Crippen molar-refractivity contribution in [3.05, 3.63) is 11.9 Å². The van der Waals surface area contributed by atoms with Crippen LogP contribution in [-0.2, 0) is 4.74 Å². The minimum atomic E-state index is -0.437. The molecule has 1 saturated heterocycles. The second-order valence-electron chi connectivity index (χ2n) is 5.62. The highest BCUT2D eigenvalue weighted by Gasteiger charge is 2.32. The number of hydrogen-bond acceptors (Lipinski definition) is 5. The molecule has 0 N–H and O–H groups in total. The van der Waals surface area contributed by atoms with E-state index in [0.717, 1.165) is 19.5 Å². The maximum Gasteiger partial charge on any atom is 0.214 e. The molecule has 0 radical (unpaired) electrons. The maximum absolute atomic E-state index is 12.8. The van der Waals surface area contributed by atoms with Crippen molar-refractivity contribution in [3.8, 4) is 5.75 Å². The summed E-state index contributed by atoms with van der Waals surface area (Å²) in [6.45, 7) is 9.24. The van der Waals surface area contributed by atoms with Gasteiger partial charge in [-0.2, -0.15) is 5.10 Å². The lowest BCUT2D eigenvalue weighted by atomic mass is 10.1. The Balaban J connectivity index is 2.21. The molecule has 0 amide bonds. The molecule has 0 saturated carbocycles. The first kappa shape index (κ1) is 16.0. The highest BCUT2D eigenvalue weighted by molar-refractivity contribution is 6.00. The number of morpholine rings is 1. The van der Waals surface area contributed by atoms with Gasteiger partial charge < -0.3 is 9.47 Å². The fourth-order valence-electron chi connectivity index (χ4n) is 2.65. The van der Waals surface area contributed by atoms with Crippen LogP contribution in [0.15, 0.2) is 6.20 Å². The van der Waals surface area contributed by atoms with Crippen molar-refractivity contribution in [1.82, 2.24) is 14.7 Å². The summed E-state index contributed by atoms with van der Waals surface area (Å²) in [5, 5.41) is 4.26. The standard InChI is InChI=1S/C15H25N3O3/c1-5-6-17-7-8-21-13(10-17)15(19)14-12(20-4)9-16-18(14)11(2)3/h9,11,13H,5-8,10H2,1-4H3. The van der Waals surface area contributed by atoms with Crippen LogP contribution >= 0.6 is 0 Å². The molecule has 1 unspecified atom stereocenters. The minimum Gasteiger partial charge on any atom is -0.493 e. The van der Waals surface area contributed by atoms with Crippen molar-refractivity contribution in [1.29, 1.82) is 0 Å². The Hall–Kier alpha value is -1.40. The molecule has 2 rings (SSSR count). The van der Waals surface area contributed by atoms with Crippen LogP contribution in [0.3, 0.4) is 0 Å². The van der Waals surface area contributed by atoms with Gasteiger partial charge in [-0.15, -0.1) is 0 Å². The van der Waals surface area contributed by atoms with Gasteiger partial charge in [-0.1, -0.05) is 6.92 Å². The molecule has 0 aromatic carbocycles. The van der Waals surface area contributed by atoms with E-state index in [9.17, 15) is 4.79 Å². The first-order chi connectivity index (χ1) is 10.1. The normalized spacial score (nSPS) is 20.0. The molecule has 2 heterocycles. The second kappa shape index (κ2) is 7.04. The molecule has 0 bridgehead atoms. The van der Waals surface area contributed by atoms with Crippen LogP contribution in [0.1, 0.15) is 43.7 Å². The van der Waals surface area contributed by atoms with Gasteiger partial charge in [0.25, 0.3) is 0 Å². The SMILES string of the molecule is CCCN1CCOC(C(=O)c2c(OC)cnn2C(C)C)C1. The third-order valence-corrected chi connectivity index (χ3v) is 3.69. The van der Waals surface area contributed by atoms with Crippen molar-refractivity contribution in [2.45, 2.75) is 39.3 Å². The topological polar surface area (TPSA) is 56.6 Å². The summed E-state index contributed by atoms with van der Waals surface area (Å²) in [5.74, 6) is 0.476. The third-order valence-electron chi connectivity index (χ3n) is 3.69. The number of carbonyl (C=O) groups excluding carboxylic acids is 1. The van der Waals surface area contributed by atoms with E-state index >= 15 is 0 Å². The van der Waals surface area contributed by atoms with Crippen molar-refractivity contribution in [2.75, 3.05) is 33.4 Å². The van der Waals surface area contributed by atoms with Gasteiger partial charge in [0.15, 0.2) is 5.75 Å². The summed E-state index contributed by atoms with van der Waals surface area (Å²) in [5.41, 5.74) is 0.510. The summed E-state index contributed by atoms with van der Waals surface area (Å²) in [4.78, 5) is 15.1. The molecule has 118 valence electrons. The fraction of sp³-hybridized carbons (Fsp3) is 0.733. The minimum absolute atomic E-state index is 0.0427. The van der Waals surface area contributed by atoms with Crippen LogP contribution in [-0.4, -0.2) is 59.9 Å². The van der Waals surface area contributed by atoms with Crippen molar-refractivity contribution in [2.24, 2.45) is 0 Å². The maximum atomic E-state index is 12.8. The molecule has 1 aromatic rings. The van der Waals surface area contributed by atoms with Crippen LogP contribution < -0.4 is 4.74 Å². The van der Waals surface area contributed by atoms with Crippen LogP contribution in [0.25, 0.3) is 0 Å². The summed E-state index contributed by atoms with van der Waals surface area (Å²) >= 11 is 0. The number of carbonyl (C=O) groups is 1. The Labute approximate surface area is 126 Å². The summed E-state index contributed by atoms with van der Waals surface area (Å²) < 4.78 is 12.7. The van der Waals surface area contributed by atoms with E-state index in [1.54, 1.807) is 18.0 Å². The van der Waals surface area contributed by atoms with Crippen molar-refractivity contribution in [3.63, 3.8) is 0 Å². The fourth-order valence-corrected chi connectivity index (χ4v) is 2.65. The lowest BCUT2D eigenvalue weighted by molar-refractivity contribution is -0.0170. The molecular weight excluding hydrogens is 270 g/mol. The second-order valence-corrected chi connectivity index (χ2v) is 5.62. The quantitative estimate of drug-likeness (QED) is 0.749. The van der Waals surface area contributed by atoms with Gasteiger partial charge >= 0.3 is 0 Å². The first-order valence-electron chi connectivity index (χ1n) is 7.58. The first-order valence-corrected chi connectivity index (χ1v) is 7.58. The molecule has 1 fully saturated rings. The molecule has 6 heteroatoms. The Morgan fingerprint density at radius 3 is 2.95 bits per heavy atom. The monoisotopic (exact) mass is 295 g/mol. The number of rotatable bonds is 6. The zero-order chi connectivity index (χ0) is 15.4. The van der Waals surface area contributed by atoms with Gasteiger partial charge in [0.05, 0.1) is 19.9 Å². The zero-order valence-electron chi connectivity index (χ0n) is 13.3. The largest absolute Gasteiger partial charge is 0.493 e. The number of nitrogens with zero attached hydrogens (tertiary/aromatic N) is 3. The van der Waals surface area contributed by atoms with Gasteiger partial charge in [-0.05, 0) is 26.8 Å². The number of methoxy groups -OCH3 is 1. The predicted octanol–water partition coefficient (Wildman–Crippen LogP) is 1.77. The molecule has 0 aliphatic carbocycles. The number of ketones is 1. The van der Waals surface area contributed by atoms with Crippen LogP contribution in [0, 0.1) is 0 Å². The molecule has 6 nitrogen and oxygen atoms in total. The average Bonchev–Trinajstić information content (AvgIpc) is 2.91. The molecule has 1 atom stereocenters. The lowest BCUT2D eigenvalue weighted by Gasteiger charge is -2.32. The Morgan fingerprint density at radius 2 is 2.33 bits per heavy atom. The van der Waals surface area contributed by atoms with Gasteiger partial charge in [0.1, 0.15) is 11.8 Å². The van der Waals surface area contributed by atoms with Gasteiger partial charge in [0, 0.05) is 19.1 Å². The summed E-state index contributed by atoms with van der Waals surface area (Å²) in [7, 11) is 1.56. The smallest absolute Gasteiger partial charge is 0.214 e. The molecule has 1 aliphatic rings. The third kappa shape index (κ3) is 3.44. The Kier molecular flexibility index (Phi) is 5.36. The average molecular weight is 295 g/mol. The number of aromatic nitrogens is 2. The number of Topliss-reactive ketones (excluding diaryl/α,β-unsaturated/α-hetero) is 1. The molecule has 21 heavy (non-hydrogen) atoms.